The maximum absolute atomic E-state index is 11.1. The first kappa shape index (κ1) is 12.4. The molecule has 19 heavy (non-hydrogen) atoms. The number of carboxylic acid groups (broad SMARTS) is 1. The summed E-state index contributed by atoms with van der Waals surface area (Å²) in [6.45, 7) is 3.45. The summed E-state index contributed by atoms with van der Waals surface area (Å²) >= 11 is 0. The number of benzene rings is 1. The Bertz CT molecular complexity index is 451. The molecule has 0 radical (unpaired) electrons. The van der Waals surface area contributed by atoms with Gasteiger partial charge < -0.3 is 14.7 Å². The van der Waals surface area contributed by atoms with Crippen LogP contribution in [0.2, 0.25) is 0 Å². The third-order valence-corrected chi connectivity index (χ3v) is 3.92. The topological polar surface area (TPSA) is 53.0 Å². The third-order valence-electron chi connectivity index (χ3n) is 3.92. The molecule has 0 bridgehead atoms. The zero-order chi connectivity index (χ0) is 13.2. The standard InChI is InChI=1S/C14H18N2O3/c17-14(18)16-9-12-13(10-16)19-7-6-15(12)8-11-4-2-1-3-5-11/h1-5,12-13H,6-10H2,(H,17,18)/t12-,13+/m0/s1. The van der Waals surface area contributed by atoms with Gasteiger partial charge in [0.15, 0.2) is 0 Å². The van der Waals surface area contributed by atoms with Crippen molar-refractivity contribution in [1.82, 2.24) is 9.80 Å². The van der Waals surface area contributed by atoms with Crippen LogP contribution in [0.1, 0.15) is 5.56 Å². The molecule has 1 aromatic rings. The van der Waals surface area contributed by atoms with Gasteiger partial charge in [-0.3, -0.25) is 4.90 Å². The second-order valence-electron chi connectivity index (χ2n) is 5.12. The van der Waals surface area contributed by atoms with Crippen molar-refractivity contribution in [3.63, 3.8) is 0 Å². The molecule has 1 N–H and O–H groups in total. The van der Waals surface area contributed by atoms with Crippen LogP contribution in [0, 0.1) is 0 Å². The third kappa shape index (κ3) is 2.57. The predicted octanol–water partition coefficient (Wildman–Crippen LogP) is 1.25. The molecule has 0 aromatic heterocycles. The van der Waals surface area contributed by atoms with Crippen molar-refractivity contribution in [3.8, 4) is 0 Å². The molecule has 0 spiro atoms. The van der Waals surface area contributed by atoms with E-state index in [0.29, 0.717) is 19.7 Å². The van der Waals surface area contributed by atoms with Gasteiger partial charge in [-0.05, 0) is 5.56 Å². The number of rotatable bonds is 2. The van der Waals surface area contributed by atoms with Gasteiger partial charge >= 0.3 is 6.09 Å². The Morgan fingerprint density at radius 1 is 1.32 bits per heavy atom. The van der Waals surface area contributed by atoms with Gasteiger partial charge in [0.05, 0.1) is 25.3 Å². The van der Waals surface area contributed by atoms with E-state index in [9.17, 15) is 4.79 Å². The fourth-order valence-corrected chi connectivity index (χ4v) is 2.93. The molecule has 2 saturated heterocycles. The number of nitrogens with zero attached hydrogens (tertiary/aromatic N) is 2. The van der Waals surface area contributed by atoms with Gasteiger partial charge in [-0.1, -0.05) is 30.3 Å². The Morgan fingerprint density at radius 2 is 2.11 bits per heavy atom. The summed E-state index contributed by atoms with van der Waals surface area (Å²) in [6, 6.07) is 10.5. The van der Waals surface area contributed by atoms with E-state index in [1.54, 1.807) is 0 Å². The summed E-state index contributed by atoms with van der Waals surface area (Å²) in [4.78, 5) is 14.9. The van der Waals surface area contributed by atoms with E-state index in [0.717, 1.165) is 13.1 Å². The van der Waals surface area contributed by atoms with Crippen molar-refractivity contribution >= 4 is 6.09 Å². The Labute approximate surface area is 112 Å². The minimum atomic E-state index is -0.849. The van der Waals surface area contributed by atoms with E-state index in [-0.39, 0.29) is 12.1 Å². The van der Waals surface area contributed by atoms with Gasteiger partial charge in [0, 0.05) is 19.6 Å². The van der Waals surface area contributed by atoms with Crippen LogP contribution in [-0.2, 0) is 11.3 Å². The van der Waals surface area contributed by atoms with E-state index < -0.39 is 6.09 Å². The number of likely N-dealkylation sites (tertiary alicyclic amines) is 1. The highest BCUT2D eigenvalue weighted by Crippen LogP contribution is 2.24. The first-order valence-corrected chi connectivity index (χ1v) is 6.61. The lowest BCUT2D eigenvalue weighted by atomic mass is 10.1. The van der Waals surface area contributed by atoms with E-state index in [1.165, 1.54) is 10.5 Å². The molecule has 5 nitrogen and oxygen atoms in total. The lowest BCUT2D eigenvalue weighted by Gasteiger charge is -2.36. The van der Waals surface area contributed by atoms with Gasteiger partial charge in [-0.2, -0.15) is 0 Å². The van der Waals surface area contributed by atoms with Crippen molar-refractivity contribution < 1.29 is 14.6 Å². The SMILES string of the molecule is O=C(O)N1C[C@H]2OCCN(Cc3ccccc3)[C@H]2C1. The summed E-state index contributed by atoms with van der Waals surface area (Å²) < 4.78 is 5.70. The normalized spacial score (nSPS) is 27.3. The van der Waals surface area contributed by atoms with Crippen LogP contribution >= 0.6 is 0 Å². The summed E-state index contributed by atoms with van der Waals surface area (Å²) in [7, 11) is 0. The molecule has 5 heteroatoms. The minimum absolute atomic E-state index is 0.0218. The summed E-state index contributed by atoms with van der Waals surface area (Å²) in [5.74, 6) is 0. The molecule has 102 valence electrons. The maximum atomic E-state index is 11.1. The number of hydrogen-bond acceptors (Lipinski definition) is 3. The van der Waals surface area contributed by atoms with E-state index in [1.807, 2.05) is 18.2 Å². The van der Waals surface area contributed by atoms with Crippen molar-refractivity contribution in [2.45, 2.75) is 18.7 Å². The Balaban J connectivity index is 1.70. The highest BCUT2D eigenvalue weighted by molar-refractivity contribution is 5.65. The Hall–Kier alpha value is -1.59. The van der Waals surface area contributed by atoms with Crippen LogP contribution in [0.4, 0.5) is 4.79 Å². The Morgan fingerprint density at radius 3 is 2.84 bits per heavy atom. The average molecular weight is 262 g/mol. The van der Waals surface area contributed by atoms with Gasteiger partial charge in [0.2, 0.25) is 0 Å². The maximum Gasteiger partial charge on any atom is 0.407 e. The lowest BCUT2D eigenvalue weighted by Crippen LogP contribution is -2.50. The summed E-state index contributed by atoms with van der Waals surface area (Å²) in [6.07, 6.45) is -0.828. The first-order chi connectivity index (χ1) is 9.24. The molecular weight excluding hydrogens is 244 g/mol. The van der Waals surface area contributed by atoms with Crippen molar-refractivity contribution in [2.75, 3.05) is 26.2 Å². The predicted molar refractivity (Wildman–Crippen MR) is 70.0 cm³/mol. The minimum Gasteiger partial charge on any atom is -0.465 e. The molecule has 3 rings (SSSR count). The van der Waals surface area contributed by atoms with E-state index in [4.69, 9.17) is 9.84 Å². The number of hydrogen-bond donors (Lipinski definition) is 1. The number of fused-ring (bicyclic) bond motifs is 1. The van der Waals surface area contributed by atoms with Crippen molar-refractivity contribution in [3.05, 3.63) is 35.9 Å². The van der Waals surface area contributed by atoms with Gasteiger partial charge in [-0.25, -0.2) is 4.79 Å². The smallest absolute Gasteiger partial charge is 0.407 e. The molecule has 2 aliphatic rings. The highest BCUT2D eigenvalue weighted by Gasteiger charge is 2.41. The molecule has 0 unspecified atom stereocenters. The molecule has 0 saturated carbocycles. The molecule has 0 aliphatic carbocycles. The second-order valence-corrected chi connectivity index (χ2v) is 5.12. The van der Waals surface area contributed by atoms with Crippen molar-refractivity contribution in [1.29, 1.82) is 0 Å². The summed E-state index contributed by atoms with van der Waals surface area (Å²) in [5.41, 5.74) is 1.26. The Kier molecular flexibility index (Phi) is 3.40. The number of carbonyl (C=O) groups is 1. The van der Waals surface area contributed by atoms with Crippen LogP contribution in [0.25, 0.3) is 0 Å². The second kappa shape index (κ2) is 5.19. The quantitative estimate of drug-likeness (QED) is 0.871. The van der Waals surface area contributed by atoms with Gasteiger partial charge in [0.25, 0.3) is 0 Å². The monoisotopic (exact) mass is 262 g/mol. The summed E-state index contributed by atoms with van der Waals surface area (Å²) in [5, 5.41) is 9.09. The van der Waals surface area contributed by atoms with Crippen LogP contribution in [-0.4, -0.2) is 59.4 Å². The fourth-order valence-electron chi connectivity index (χ4n) is 2.93. The highest BCUT2D eigenvalue weighted by atomic mass is 16.5. The van der Waals surface area contributed by atoms with Gasteiger partial charge in [0.1, 0.15) is 0 Å². The zero-order valence-electron chi connectivity index (χ0n) is 10.7. The molecular formula is C14H18N2O3. The van der Waals surface area contributed by atoms with Crippen LogP contribution < -0.4 is 0 Å². The zero-order valence-corrected chi connectivity index (χ0v) is 10.7. The molecule has 2 heterocycles. The molecule has 1 amide bonds. The van der Waals surface area contributed by atoms with E-state index >= 15 is 0 Å². The number of ether oxygens (including phenoxy) is 1. The molecule has 2 aliphatic heterocycles. The fraction of sp³-hybridized carbons (Fsp3) is 0.500. The number of amides is 1. The van der Waals surface area contributed by atoms with Crippen LogP contribution in [0.3, 0.4) is 0 Å². The first-order valence-electron chi connectivity index (χ1n) is 6.61. The van der Waals surface area contributed by atoms with Crippen molar-refractivity contribution in [2.24, 2.45) is 0 Å². The largest absolute Gasteiger partial charge is 0.465 e. The lowest BCUT2D eigenvalue weighted by molar-refractivity contribution is -0.0503. The average Bonchev–Trinajstić information content (AvgIpc) is 2.85. The molecule has 2 atom stereocenters. The number of morpholine rings is 1. The van der Waals surface area contributed by atoms with Crippen LogP contribution in [0.5, 0.6) is 0 Å². The van der Waals surface area contributed by atoms with E-state index in [2.05, 4.69) is 17.0 Å². The molecule has 2 fully saturated rings. The van der Waals surface area contributed by atoms with Crippen LogP contribution in [0.15, 0.2) is 30.3 Å². The van der Waals surface area contributed by atoms with Gasteiger partial charge in [-0.15, -0.1) is 0 Å². The molecule has 1 aromatic carbocycles.